The second kappa shape index (κ2) is 8.54. The molecule has 1 aliphatic carbocycles. The van der Waals surface area contributed by atoms with E-state index in [-0.39, 0.29) is 17.7 Å². The molecule has 0 radical (unpaired) electrons. The SMILES string of the molecule is CC(C)CN1C[C@H](C(=O)NCC2CCCCCCC2)CC1=O. The topological polar surface area (TPSA) is 49.4 Å². The van der Waals surface area contributed by atoms with Gasteiger partial charge in [0, 0.05) is 26.1 Å². The number of likely N-dealkylation sites (tertiary alicyclic amines) is 1. The van der Waals surface area contributed by atoms with Gasteiger partial charge in [0.05, 0.1) is 5.92 Å². The van der Waals surface area contributed by atoms with Gasteiger partial charge in [-0.05, 0) is 24.7 Å². The van der Waals surface area contributed by atoms with Crippen LogP contribution in [0, 0.1) is 17.8 Å². The number of hydrogen-bond acceptors (Lipinski definition) is 2. The molecule has 1 saturated carbocycles. The van der Waals surface area contributed by atoms with Gasteiger partial charge in [-0.15, -0.1) is 0 Å². The summed E-state index contributed by atoms with van der Waals surface area (Å²) >= 11 is 0. The molecule has 22 heavy (non-hydrogen) atoms. The molecule has 0 aromatic carbocycles. The third-order valence-corrected chi connectivity index (χ3v) is 4.96. The van der Waals surface area contributed by atoms with Gasteiger partial charge in [-0.3, -0.25) is 9.59 Å². The molecule has 1 heterocycles. The zero-order chi connectivity index (χ0) is 15.9. The van der Waals surface area contributed by atoms with Crippen LogP contribution in [0.5, 0.6) is 0 Å². The molecule has 2 amide bonds. The van der Waals surface area contributed by atoms with Crippen molar-refractivity contribution in [3.05, 3.63) is 0 Å². The molecule has 2 aliphatic rings. The van der Waals surface area contributed by atoms with Crippen LogP contribution in [0.1, 0.15) is 65.2 Å². The molecular formula is C18H32N2O2. The van der Waals surface area contributed by atoms with Crippen LogP contribution in [0.2, 0.25) is 0 Å². The fraction of sp³-hybridized carbons (Fsp3) is 0.889. The summed E-state index contributed by atoms with van der Waals surface area (Å²) in [4.78, 5) is 26.1. The molecule has 0 bridgehead atoms. The average Bonchev–Trinajstić information content (AvgIpc) is 2.78. The van der Waals surface area contributed by atoms with Gasteiger partial charge in [-0.1, -0.05) is 46.0 Å². The number of rotatable bonds is 5. The maximum absolute atomic E-state index is 12.3. The second-order valence-corrected chi connectivity index (χ2v) is 7.55. The van der Waals surface area contributed by atoms with Crippen LogP contribution in [-0.4, -0.2) is 36.3 Å². The van der Waals surface area contributed by atoms with Gasteiger partial charge < -0.3 is 10.2 Å². The van der Waals surface area contributed by atoms with Gasteiger partial charge in [0.2, 0.25) is 11.8 Å². The van der Waals surface area contributed by atoms with E-state index < -0.39 is 0 Å². The highest BCUT2D eigenvalue weighted by molar-refractivity contribution is 5.89. The largest absolute Gasteiger partial charge is 0.356 e. The first-order chi connectivity index (χ1) is 10.6. The van der Waals surface area contributed by atoms with Crippen molar-refractivity contribution in [3.63, 3.8) is 0 Å². The molecule has 2 fully saturated rings. The fourth-order valence-corrected chi connectivity index (χ4v) is 3.70. The third kappa shape index (κ3) is 5.29. The fourth-order valence-electron chi connectivity index (χ4n) is 3.70. The van der Waals surface area contributed by atoms with E-state index in [9.17, 15) is 9.59 Å². The lowest BCUT2D eigenvalue weighted by molar-refractivity contribution is -0.129. The predicted molar refractivity (Wildman–Crippen MR) is 88.3 cm³/mol. The molecule has 4 nitrogen and oxygen atoms in total. The summed E-state index contributed by atoms with van der Waals surface area (Å²) in [6.07, 6.45) is 9.51. The van der Waals surface area contributed by atoms with Crippen molar-refractivity contribution in [3.8, 4) is 0 Å². The Bertz CT molecular complexity index is 373. The molecule has 0 aromatic heterocycles. The second-order valence-electron chi connectivity index (χ2n) is 7.55. The Balaban J connectivity index is 1.74. The normalized spacial score (nSPS) is 24.4. The Kier molecular flexibility index (Phi) is 6.71. The molecular weight excluding hydrogens is 276 g/mol. The number of amides is 2. The molecule has 1 N–H and O–H groups in total. The van der Waals surface area contributed by atoms with Crippen molar-refractivity contribution < 1.29 is 9.59 Å². The molecule has 0 aromatic rings. The van der Waals surface area contributed by atoms with E-state index >= 15 is 0 Å². The zero-order valence-electron chi connectivity index (χ0n) is 14.3. The monoisotopic (exact) mass is 308 g/mol. The van der Waals surface area contributed by atoms with Crippen molar-refractivity contribution in [2.45, 2.75) is 65.2 Å². The molecule has 4 heteroatoms. The van der Waals surface area contributed by atoms with E-state index in [2.05, 4.69) is 19.2 Å². The van der Waals surface area contributed by atoms with Crippen LogP contribution in [0.25, 0.3) is 0 Å². The number of hydrogen-bond donors (Lipinski definition) is 1. The number of carbonyl (C=O) groups is 2. The highest BCUT2D eigenvalue weighted by Crippen LogP contribution is 2.23. The van der Waals surface area contributed by atoms with E-state index in [1.165, 1.54) is 44.9 Å². The molecule has 1 atom stereocenters. The van der Waals surface area contributed by atoms with Gasteiger partial charge in [-0.2, -0.15) is 0 Å². The van der Waals surface area contributed by atoms with Gasteiger partial charge >= 0.3 is 0 Å². The minimum atomic E-state index is -0.139. The Morgan fingerprint density at radius 3 is 2.45 bits per heavy atom. The lowest BCUT2D eigenvalue weighted by atomic mass is 9.91. The smallest absolute Gasteiger partial charge is 0.225 e. The van der Waals surface area contributed by atoms with Crippen molar-refractivity contribution in [2.75, 3.05) is 19.6 Å². The van der Waals surface area contributed by atoms with Crippen LogP contribution in [0.4, 0.5) is 0 Å². The Morgan fingerprint density at radius 2 is 1.82 bits per heavy atom. The summed E-state index contributed by atoms with van der Waals surface area (Å²) in [6, 6.07) is 0. The van der Waals surface area contributed by atoms with Gasteiger partial charge in [-0.25, -0.2) is 0 Å². The number of nitrogens with one attached hydrogen (secondary N) is 1. The van der Waals surface area contributed by atoms with Crippen LogP contribution < -0.4 is 5.32 Å². The summed E-state index contributed by atoms with van der Waals surface area (Å²) < 4.78 is 0. The summed E-state index contributed by atoms with van der Waals surface area (Å²) in [5, 5.41) is 3.12. The lowest BCUT2D eigenvalue weighted by Crippen LogP contribution is -2.36. The van der Waals surface area contributed by atoms with Crippen molar-refractivity contribution in [2.24, 2.45) is 17.8 Å². The van der Waals surface area contributed by atoms with Gasteiger partial charge in [0.25, 0.3) is 0 Å². The molecule has 2 rings (SSSR count). The number of nitrogens with zero attached hydrogens (tertiary/aromatic N) is 1. The molecule has 0 unspecified atom stereocenters. The Morgan fingerprint density at radius 1 is 1.18 bits per heavy atom. The first kappa shape index (κ1) is 17.3. The highest BCUT2D eigenvalue weighted by Gasteiger charge is 2.34. The quantitative estimate of drug-likeness (QED) is 0.849. The minimum Gasteiger partial charge on any atom is -0.356 e. The minimum absolute atomic E-state index is 0.0849. The van der Waals surface area contributed by atoms with Crippen molar-refractivity contribution >= 4 is 11.8 Å². The van der Waals surface area contributed by atoms with E-state index in [4.69, 9.17) is 0 Å². The van der Waals surface area contributed by atoms with Crippen molar-refractivity contribution in [1.82, 2.24) is 10.2 Å². The first-order valence-corrected chi connectivity index (χ1v) is 9.11. The Labute approximate surface area is 135 Å². The van der Waals surface area contributed by atoms with Crippen LogP contribution >= 0.6 is 0 Å². The van der Waals surface area contributed by atoms with E-state index in [1.807, 2.05) is 4.90 Å². The number of carbonyl (C=O) groups excluding carboxylic acids is 2. The average molecular weight is 308 g/mol. The van der Waals surface area contributed by atoms with E-state index in [0.717, 1.165) is 13.1 Å². The molecule has 0 spiro atoms. The molecule has 1 saturated heterocycles. The first-order valence-electron chi connectivity index (χ1n) is 9.11. The molecule has 126 valence electrons. The highest BCUT2D eigenvalue weighted by atomic mass is 16.2. The predicted octanol–water partition coefficient (Wildman–Crippen LogP) is 2.97. The Hall–Kier alpha value is -1.06. The van der Waals surface area contributed by atoms with Crippen molar-refractivity contribution in [1.29, 1.82) is 0 Å². The van der Waals surface area contributed by atoms with Crippen LogP contribution in [-0.2, 0) is 9.59 Å². The zero-order valence-corrected chi connectivity index (χ0v) is 14.3. The summed E-state index contributed by atoms with van der Waals surface area (Å²) in [5.74, 6) is 1.18. The van der Waals surface area contributed by atoms with Gasteiger partial charge in [0.15, 0.2) is 0 Å². The van der Waals surface area contributed by atoms with Crippen LogP contribution in [0.15, 0.2) is 0 Å². The van der Waals surface area contributed by atoms with E-state index in [0.29, 0.717) is 24.8 Å². The third-order valence-electron chi connectivity index (χ3n) is 4.96. The summed E-state index contributed by atoms with van der Waals surface area (Å²) in [7, 11) is 0. The molecule has 1 aliphatic heterocycles. The van der Waals surface area contributed by atoms with Crippen LogP contribution in [0.3, 0.4) is 0 Å². The van der Waals surface area contributed by atoms with Gasteiger partial charge in [0.1, 0.15) is 0 Å². The summed E-state index contributed by atoms with van der Waals surface area (Å²) in [6.45, 7) is 6.39. The standard InChI is InChI=1S/C18H32N2O2/c1-14(2)12-20-13-16(10-17(20)21)18(22)19-11-15-8-6-4-3-5-7-9-15/h14-16H,3-13H2,1-2H3,(H,19,22)/t16-/m1/s1. The maximum atomic E-state index is 12.3. The lowest BCUT2D eigenvalue weighted by Gasteiger charge is -2.21. The maximum Gasteiger partial charge on any atom is 0.225 e. The summed E-state index contributed by atoms with van der Waals surface area (Å²) in [5.41, 5.74) is 0. The van der Waals surface area contributed by atoms with E-state index in [1.54, 1.807) is 0 Å².